The molecule has 0 bridgehead atoms. The van der Waals surface area contributed by atoms with Crippen molar-refractivity contribution in [1.29, 1.82) is 0 Å². The van der Waals surface area contributed by atoms with Crippen LogP contribution in [0.2, 0.25) is 0 Å². The molecule has 1 N–H and O–H groups in total. The third kappa shape index (κ3) is 2.87. The molecule has 4 nitrogen and oxygen atoms in total. The summed E-state index contributed by atoms with van der Waals surface area (Å²) in [6, 6.07) is 15.5. The minimum atomic E-state index is 0.589. The van der Waals surface area contributed by atoms with E-state index in [0.717, 1.165) is 22.5 Å². The molecule has 23 heavy (non-hydrogen) atoms. The van der Waals surface area contributed by atoms with Crippen LogP contribution in [0.15, 0.2) is 83.1 Å². The predicted molar refractivity (Wildman–Crippen MR) is 91.0 cm³/mol. The van der Waals surface area contributed by atoms with Crippen LogP contribution in [0.25, 0.3) is 17.2 Å². The molecule has 0 atom stereocenters. The summed E-state index contributed by atoms with van der Waals surface area (Å²) in [5.74, 6) is 2.14. The molecule has 2 aromatic carbocycles. The maximum atomic E-state index is 5.66. The van der Waals surface area contributed by atoms with E-state index in [-0.39, 0.29) is 0 Å². The van der Waals surface area contributed by atoms with Gasteiger partial charge in [-0.05, 0) is 30.3 Å². The van der Waals surface area contributed by atoms with Crippen LogP contribution >= 0.6 is 0 Å². The van der Waals surface area contributed by atoms with Crippen molar-refractivity contribution in [2.24, 2.45) is 0 Å². The van der Waals surface area contributed by atoms with Crippen LogP contribution in [0, 0.1) is 0 Å². The summed E-state index contributed by atoms with van der Waals surface area (Å²) < 4.78 is 11.3. The molecule has 0 spiro atoms. The number of anilines is 1. The van der Waals surface area contributed by atoms with Gasteiger partial charge in [0.15, 0.2) is 17.2 Å². The maximum absolute atomic E-state index is 5.66. The summed E-state index contributed by atoms with van der Waals surface area (Å²) in [5.41, 5.74) is 2.63. The second kappa shape index (κ2) is 5.85. The number of oxazole rings is 1. The molecular formula is C19H14N2O2. The number of hydrogen-bond acceptors (Lipinski definition) is 4. The quantitative estimate of drug-likeness (QED) is 0.710. The number of nitrogens with one attached hydrogen (secondary N) is 1. The molecule has 2 heterocycles. The molecule has 0 saturated carbocycles. The first-order chi connectivity index (χ1) is 11.4. The van der Waals surface area contributed by atoms with Gasteiger partial charge in [0.25, 0.3) is 0 Å². The topological polar surface area (TPSA) is 47.3 Å². The fourth-order valence-electron chi connectivity index (χ4n) is 2.32. The molecule has 3 aromatic rings. The van der Waals surface area contributed by atoms with Crippen LogP contribution in [-0.4, -0.2) is 4.98 Å². The Balaban J connectivity index is 1.41. The van der Waals surface area contributed by atoms with E-state index in [2.05, 4.69) is 10.3 Å². The number of ether oxygens (including phenoxy) is 1. The van der Waals surface area contributed by atoms with Crippen LogP contribution in [0.4, 0.5) is 5.69 Å². The van der Waals surface area contributed by atoms with Crippen LogP contribution in [0.5, 0.6) is 5.75 Å². The standard InChI is InChI=1S/C19H14N2O2/c1(2-12-18-20-14-8-4-6-10-16(14)22-18)3-13-19-21-15-9-5-7-11-17(15)23-19/h1-13,20H. The molecule has 1 aromatic heterocycles. The number of fused-ring (bicyclic) bond motifs is 2. The number of aromatic nitrogens is 1. The summed E-state index contributed by atoms with van der Waals surface area (Å²) in [4.78, 5) is 4.38. The minimum Gasteiger partial charge on any atom is -0.439 e. The zero-order valence-corrected chi connectivity index (χ0v) is 12.3. The van der Waals surface area contributed by atoms with Gasteiger partial charge in [0.1, 0.15) is 5.52 Å². The largest absolute Gasteiger partial charge is 0.439 e. The van der Waals surface area contributed by atoms with Gasteiger partial charge in [-0.1, -0.05) is 42.5 Å². The van der Waals surface area contributed by atoms with E-state index >= 15 is 0 Å². The second-order valence-electron chi connectivity index (χ2n) is 5.02. The Labute approximate surface area is 133 Å². The lowest BCUT2D eigenvalue weighted by molar-refractivity contribution is 0.457. The zero-order valence-electron chi connectivity index (χ0n) is 12.3. The molecule has 4 rings (SSSR count). The van der Waals surface area contributed by atoms with Crippen molar-refractivity contribution >= 4 is 22.9 Å². The number of allylic oxidation sites excluding steroid dienone is 4. The van der Waals surface area contributed by atoms with E-state index < -0.39 is 0 Å². The highest BCUT2D eigenvalue weighted by atomic mass is 16.5. The van der Waals surface area contributed by atoms with Gasteiger partial charge in [0, 0.05) is 6.08 Å². The van der Waals surface area contributed by atoms with Gasteiger partial charge in [0.05, 0.1) is 5.69 Å². The average Bonchev–Trinajstić information content (AvgIpc) is 3.17. The first-order valence-electron chi connectivity index (χ1n) is 7.33. The number of benzene rings is 2. The summed E-state index contributed by atoms with van der Waals surface area (Å²) in [6.07, 6.45) is 9.37. The monoisotopic (exact) mass is 302 g/mol. The molecule has 4 heteroatoms. The van der Waals surface area contributed by atoms with Crippen molar-refractivity contribution in [3.05, 3.63) is 84.6 Å². The molecule has 0 radical (unpaired) electrons. The van der Waals surface area contributed by atoms with Crippen LogP contribution in [0.1, 0.15) is 5.89 Å². The number of rotatable bonds is 3. The molecule has 112 valence electrons. The van der Waals surface area contributed by atoms with E-state index in [0.29, 0.717) is 11.8 Å². The van der Waals surface area contributed by atoms with Crippen molar-refractivity contribution in [1.82, 2.24) is 4.98 Å². The Bertz CT molecular complexity index is 875. The Hall–Kier alpha value is -3.27. The van der Waals surface area contributed by atoms with E-state index in [1.165, 1.54) is 0 Å². The van der Waals surface area contributed by atoms with Gasteiger partial charge in [0.2, 0.25) is 5.89 Å². The van der Waals surface area contributed by atoms with E-state index in [1.807, 2.05) is 78.9 Å². The summed E-state index contributed by atoms with van der Waals surface area (Å²) in [6.45, 7) is 0. The minimum absolute atomic E-state index is 0.589. The molecule has 1 aliphatic rings. The Morgan fingerprint density at radius 1 is 0.913 bits per heavy atom. The fourth-order valence-corrected chi connectivity index (χ4v) is 2.32. The summed E-state index contributed by atoms with van der Waals surface area (Å²) in [7, 11) is 0. The highest BCUT2D eigenvalue weighted by molar-refractivity contribution is 5.73. The summed E-state index contributed by atoms with van der Waals surface area (Å²) >= 11 is 0. The molecule has 0 aliphatic carbocycles. The highest BCUT2D eigenvalue weighted by Gasteiger charge is 2.13. The normalized spacial score (nSPS) is 15.4. The number of hydrogen-bond donors (Lipinski definition) is 1. The van der Waals surface area contributed by atoms with Crippen molar-refractivity contribution in [3.8, 4) is 5.75 Å². The Morgan fingerprint density at radius 2 is 1.78 bits per heavy atom. The highest BCUT2D eigenvalue weighted by Crippen LogP contribution is 2.32. The van der Waals surface area contributed by atoms with E-state index in [4.69, 9.17) is 9.15 Å². The number of para-hydroxylation sites is 4. The molecular weight excluding hydrogens is 288 g/mol. The van der Waals surface area contributed by atoms with Crippen LogP contribution in [-0.2, 0) is 0 Å². The SMILES string of the molecule is C(=CC=C1Nc2ccccc2O1)C=Cc1nc2ccccc2o1. The lowest BCUT2D eigenvalue weighted by Crippen LogP contribution is -1.94. The van der Waals surface area contributed by atoms with Crippen molar-refractivity contribution in [3.63, 3.8) is 0 Å². The number of nitrogens with zero attached hydrogens (tertiary/aromatic N) is 1. The molecule has 0 amide bonds. The molecule has 0 unspecified atom stereocenters. The predicted octanol–water partition coefficient (Wildman–Crippen LogP) is 4.74. The van der Waals surface area contributed by atoms with E-state index in [1.54, 1.807) is 0 Å². The molecule has 1 aliphatic heterocycles. The second-order valence-corrected chi connectivity index (χ2v) is 5.02. The van der Waals surface area contributed by atoms with Gasteiger partial charge < -0.3 is 14.5 Å². The van der Waals surface area contributed by atoms with Gasteiger partial charge in [-0.3, -0.25) is 0 Å². The van der Waals surface area contributed by atoms with Crippen molar-refractivity contribution < 1.29 is 9.15 Å². The molecule has 0 fully saturated rings. The maximum Gasteiger partial charge on any atom is 0.219 e. The lowest BCUT2D eigenvalue weighted by atomic mass is 10.3. The van der Waals surface area contributed by atoms with Crippen molar-refractivity contribution in [2.45, 2.75) is 0 Å². The Kier molecular flexibility index (Phi) is 3.41. The average molecular weight is 302 g/mol. The van der Waals surface area contributed by atoms with Gasteiger partial charge >= 0.3 is 0 Å². The van der Waals surface area contributed by atoms with E-state index in [9.17, 15) is 0 Å². The third-order valence-corrected chi connectivity index (χ3v) is 3.38. The molecule has 0 saturated heterocycles. The van der Waals surface area contributed by atoms with Gasteiger partial charge in [-0.15, -0.1) is 0 Å². The van der Waals surface area contributed by atoms with Gasteiger partial charge in [-0.25, -0.2) is 4.98 Å². The first-order valence-corrected chi connectivity index (χ1v) is 7.33. The lowest BCUT2D eigenvalue weighted by Gasteiger charge is -1.94. The third-order valence-electron chi connectivity index (χ3n) is 3.38. The fraction of sp³-hybridized carbons (Fsp3) is 0. The zero-order chi connectivity index (χ0) is 15.5. The smallest absolute Gasteiger partial charge is 0.219 e. The first kappa shape index (κ1) is 13.4. The Morgan fingerprint density at radius 3 is 2.70 bits per heavy atom. The van der Waals surface area contributed by atoms with Crippen molar-refractivity contribution in [2.75, 3.05) is 5.32 Å². The van der Waals surface area contributed by atoms with Crippen LogP contribution in [0.3, 0.4) is 0 Å². The van der Waals surface area contributed by atoms with Crippen LogP contribution < -0.4 is 10.1 Å². The van der Waals surface area contributed by atoms with Gasteiger partial charge in [-0.2, -0.15) is 0 Å². The summed E-state index contributed by atoms with van der Waals surface area (Å²) in [5, 5.41) is 3.19.